The van der Waals surface area contributed by atoms with Crippen LogP contribution >= 0.6 is 11.3 Å². The first-order chi connectivity index (χ1) is 9.08. The summed E-state index contributed by atoms with van der Waals surface area (Å²) in [5, 5.41) is 17.6. The molecule has 0 fully saturated rings. The minimum atomic E-state index is 0.165. The first-order valence-corrected chi connectivity index (χ1v) is 7.48. The van der Waals surface area contributed by atoms with Crippen LogP contribution in [0.1, 0.15) is 43.1 Å². The lowest BCUT2D eigenvalue weighted by atomic mass is 10.2. The van der Waals surface area contributed by atoms with Crippen molar-refractivity contribution in [3.05, 3.63) is 27.7 Å². The second-order valence-corrected chi connectivity index (χ2v) is 6.25. The average molecular weight is 279 g/mol. The quantitative estimate of drug-likeness (QED) is 0.882. The van der Waals surface area contributed by atoms with E-state index in [1.54, 1.807) is 11.3 Å². The van der Waals surface area contributed by atoms with Crippen LogP contribution < -0.4 is 5.32 Å². The van der Waals surface area contributed by atoms with Crippen molar-refractivity contribution in [3.8, 4) is 0 Å². The zero-order valence-corrected chi connectivity index (χ0v) is 12.7. The molecule has 0 aliphatic carbocycles. The Morgan fingerprint density at radius 3 is 2.79 bits per heavy atom. The Balaban J connectivity index is 2.07. The highest BCUT2D eigenvalue weighted by molar-refractivity contribution is 7.10. The minimum absolute atomic E-state index is 0.165. The maximum atomic E-state index is 4.15. The number of tetrazole rings is 1. The van der Waals surface area contributed by atoms with Crippen molar-refractivity contribution in [2.45, 2.75) is 40.3 Å². The summed E-state index contributed by atoms with van der Waals surface area (Å²) in [4.78, 5) is 1.31. The van der Waals surface area contributed by atoms with Crippen LogP contribution in [0.15, 0.2) is 11.4 Å². The van der Waals surface area contributed by atoms with Gasteiger partial charge in [-0.25, -0.2) is 4.68 Å². The fraction of sp³-hybridized carbons (Fsp3) is 0.615. The predicted molar refractivity (Wildman–Crippen MR) is 77.2 cm³/mol. The summed E-state index contributed by atoms with van der Waals surface area (Å²) in [5.41, 5.74) is 1.30. The van der Waals surface area contributed by atoms with Gasteiger partial charge in [0.05, 0.1) is 12.6 Å². The number of nitrogens with zero attached hydrogens (tertiary/aromatic N) is 4. The third-order valence-corrected chi connectivity index (χ3v) is 4.05. The van der Waals surface area contributed by atoms with Gasteiger partial charge in [-0.05, 0) is 53.7 Å². The third-order valence-electron chi connectivity index (χ3n) is 3.04. The molecule has 104 valence electrons. The molecule has 19 heavy (non-hydrogen) atoms. The Labute approximate surface area is 118 Å². The smallest absolute Gasteiger partial charge is 0.168 e. The maximum absolute atomic E-state index is 4.15. The van der Waals surface area contributed by atoms with Crippen molar-refractivity contribution in [2.75, 3.05) is 6.54 Å². The van der Waals surface area contributed by atoms with E-state index in [9.17, 15) is 0 Å². The molecule has 5 nitrogen and oxygen atoms in total. The van der Waals surface area contributed by atoms with Gasteiger partial charge in [0.15, 0.2) is 5.82 Å². The van der Waals surface area contributed by atoms with Crippen molar-refractivity contribution >= 4 is 11.3 Å². The molecule has 0 saturated carbocycles. The molecule has 0 spiro atoms. The SMILES string of the molecule is Cc1ccsc1Cn1nnnc1C(C)NCC(C)C. The van der Waals surface area contributed by atoms with Crippen molar-refractivity contribution in [3.63, 3.8) is 0 Å². The zero-order valence-electron chi connectivity index (χ0n) is 11.9. The van der Waals surface area contributed by atoms with Gasteiger partial charge < -0.3 is 5.32 Å². The molecule has 2 heterocycles. The van der Waals surface area contributed by atoms with Crippen LogP contribution in [0.3, 0.4) is 0 Å². The lowest BCUT2D eigenvalue weighted by Crippen LogP contribution is -2.26. The van der Waals surface area contributed by atoms with Gasteiger partial charge in [0, 0.05) is 4.88 Å². The highest BCUT2D eigenvalue weighted by Crippen LogP contribution is 2.18. The summed E-state index contributed by atoms with van der Waals surface area (Å²) in [5.74, 6) is 1.51. The highest BCUT2D eigenvalue weighted by atomic mass is 32.1. The Hall–Kier alpha value is -1.27. The van der Waals surface area contributed by atoms with E-state index in [1.807, 2.05) is 4.68 Å². The summed E-state index contributed by atoms with van der Waals surface area (Å²) in [6.45, 7) is 10.3. The molecule has 0 radical (unpaired) electrons. The molecule has 2 aromatic rings. The molecule has 6 heteroatoms. The Morgan fingerprint density at radius 2 is 2.16 bits per heavy atom. The third kappa shape index (κ3) is 3.61. The van der Waals surface area contributed by atoms with E-state index in [0.29, 0.717) is 5.92 Å². The fourth-order valence-corrected chi connectivity index (χ4v) is 2.73. The standard InChI is InChI=1S/C13H21N5S/c1-9(2)7-14-11(4)13-15-16-17-18(13)8-12-10(3)5-6-19-12/h5-6,9,11,14H,7-8H2,1-4H3. The highest BCUT2D eigenvalue weighted by Gasteiger charge is 2.15. The van der Waals surface area contributed by atoms with E-state index < -0.39 is 0 Å². The van der Waals surface area contributed by atoms with Gasteiger partial charge in [-0.1, -0.05) is 13.8 Å². The van der Waals surface area contributed by atoms with Crippen LogP contribution in [0.5, 0.6) is 0 Å². The molecule has 0 saturated heterocycles. The monoisotopic (exact) mass is 279 g/mol. The van der Waals surface area contributed by atoms with Crippen molar-refractivity contribution < 1.29 is 0 Å². The van der Waals surface area contributed by atoms with E-state index >= 15 is 0 Å². The number of hydrogen-bond acceptors (Lipinski definition) is 5. The van der Waals surface area contributed by atoms with Crippen molar-refractivity contribution in [1.82, 2.24) is 25.5 Å². The van der Waals surface area contributed by atoms with Crippen LogP contribution in [0.2, 0.25) is 0 Å². The maximum Gasteiger partial charge on any atom is 0.168 e. The molecule has 0 aliphatic heterocycles. The molecule has 1 atom stereocenters. The van der Waals surface area contributed by atoms with Gasteiger partial charge in [0.2, 0.25) is 0 Å². The normalized spacial score (nSPS) is 13.1. The van der Waals surface area contributed by atoms with Crippen molar-refractivity contribution in [2.24, 2.45) is 5.92 Å². The lowest BCUT2D eigenvalue weighted by Gasteiger charge is -2.15. The van der Waals surface area contributed by atoms with Gasteiger partial charge in [-0.2, -0.15) is 0 Å². The summed E-state index contributed by atoms with van der Waals surface area (Å²) >= 11 is 1.75. The van der Waals surface area contributed by atoms with Crippen LogP contribution in [0.4, 0.5) is 0 Å². The van der Waals surface area contributed by atoms with Gasteiger partial charge in [0.25, 0.3) is 0 Å². The topological polar surface area (TPSA) is 55.6 Å². The van der Waals surface area contributed by atoms with E-state index in [2.05, 4.69) is 60.0 Å². The number of nitrogens with one attached hydrogen (secondary N) is 1. The number of aryl methyl sites for hydroxylation is 1. The molecule has 0 amide bonds. The molecule has 0 bridgehead atoms. The Morgan fingerprint density at radius 1 is 1.37 bits per heavy atom. The zero-order chi connectivity index (χ0) is 13.8. The van der Waals surface area contributed by atoms with Crippen LogP contribution in [-0.2, 0) is 6.54 Å². The second-order valence-electron chi connectivity index (χ2n) is 5.25. The van der Waals surface area contributed by atoms with Crippen LogP contribution in [0.25, 0.3) is 0 Å². The number of hydrogen-bond donors (Lipinski definition) is 1. The number of rotatable bonds is 6. The van der Waals surface area contributed by atoms with Gasteiger partial charge in [-0.3, -0.25) is 0 Å². The van der Waals surface area contributed by atoms with E-state index in [1.165, 1.54) is 10.4 Å². The summed E-state index contributed by atoms with van der Waals surface area (Å²) in [6, 6.07) is 2.29. The van der Waals surface area contributed by atoms with Crippen molar-refractivity contribution in [1.29, 1.82) is 0 Å². The molecule has 0 aromatic carbocycles. The minimum Gasteiger partial charge on any atom is -0.307 e. The fourth-order valence-electron chi connectivity index (χ4n) is 1.84. The number of thiophene rings is 1. The van der Waals surface area contributed by atoms with E-state index in [4.69, 9.17) is 0 Å². The van der Waals surface area contributed by atoms with E-state index in [0.717, 1.165) is 18.9 Å². The summed E-state index contributed by atoms with van der Waals surface area (Å²) in [6.07, 6.45) is 0. The molecular formula is C13H21N5S. The first-order valence-electron chi connectivity index (χ1n) is 6.60. The largest absolute Gasteiger partial charge is 0.307 e. The second kappa shape index (κ2) is 6.25. The molecule has 1 unspecified atom stereocenters. The first kappa shape index (κ1) is 14.1. The molecule has 0 aliphatic rings. The molecule has 1 N–H and O–H groups in total. The van der Waals surface area contributed by atoms with Crippen LogP contribution in [-0.4, -0.2) is 26.8 Å². The predicted octanol–water partition coefficient (Wildman–Crippen LogP) is 2.40. The van der Waals surface area contributed by atoms with Gasteiger partial charge in [-0.15, -0.1) is 16.4 Å². The Kier molecular flexibility index (Phi) is 4.66. The lowest BCUT2D eigenvalue weighted by molar-refractivity contribution is 0.462. The van der Waals surface area contributed by atoms with Gasteiger partial charge >= 0.3 is 0 Å². The summed E-state index contributed by atoms with van der Waals surface area (Å²) < 4.78 is 1.89. The molecular weight excluding hydrogens is 258 g/mol. The average Bonchev–Trinajstić information content (AvgIpc) is 2.97. The number of aromatic nitrogens is 4. The van der Waals surface area contributed by atoms with E-state index in [-0.39, 0.29) is 6.04 Å². The van der Waals surface area contributed by atoms with Crippen LogP contribution in [0, 0.1) is 12.8 Å². The van der Waals surface area contributed by atoms with Gasteiger partial charge in [0.1, 0.15) is 0 Å². The molecule has 2 aromatic heterocycles. The summed E-state index contributed by atoms with van der Waals surface area (Å²) in [7, 11) is 0. The Bertz CT molecular complexity index is 517. The molecule has 2 rings (SSSR count).